The van der Waals surface area contributed by atoms with Gasteiger partial charge in [0.05, 0.1) is 18.2 Å². The van der Waals surface area contributed by atoms with E-state index < -0.39 is 17.7 Å². The molecule has 6 rings (SSSR count). The Hall–Kier alpha value is -4.35. The molecule has 2 aliphatic heterocycles. The van der Waals surface area contributed by atoms with E-state index in [1.807, 2.05) is 19.1 Å². The zero-order valence-corrected chi connectivity index (χ0v) is 26.0. The van der Waals surface area contributed by atoms with E-state index in [2.05, 4.69) is 41.4 Å². The first kappa shape index (κ1) is 29.7. The van der Waals surface area contributed by atoms with Crippen LogP contribution in [0.4, 0.5) is 5.13 Å². The largest absolute Gasteiger partial charge is 0.507 e. The summed E-state index contributed by atoms with van der Waals surface area (Å²) in [4.78, 5) is 28.7. The zero-order valence-electron chi connectivity index (χ0n) is 24.3. The molecular weight excluding hydrogens is 599 g/mol. The fraction of sp³-hybridized carbons (Fsp3) is 0.273. The third kappa shape index (κ3) is 6.15. The average Bonchev–Trinajstić information content (AvgIpc) is 3.62. The number of carbonyl (C=O) groups is 2. The first-order valence-corrected chi connectivity index (χ1v) is 16.2. The zero-order chi connectivity index (χ0) is 30.6. The van der Waals surface area contributed by atoms with Gasteiger partial charge in [-0.05, 0) is 54.8 Å². The van der Waals surface area contributed by atoms with Gasteiger partial charge in [0.2, 0.25) is 5.13 Å². The summed E-state index contributed by atoms with van der Waals surface area (Å²) in [7, 11) is 0. The van der Waals surface area contributed by atoms with Gasteiger partial charge in [0, 0.05) is 11.3 Å². The van der Waals surface area contributed by atoms with Crippen LogP contribution in [0, 0.1) is 6.92 Å². The van der Waals surface area contributed by atoms with Crippen molar-refractivity contribution in [3.05, 3.63) is 94.6 Å². The Kier molecular flexibility index (Phi) is 8.85. The normalized spacial score (nSPS) is 17.2. The molecule has 1 fully saturated rings. The van der Waals surface area contributed by atoms with Crippen molar-refractivity contribution in [2.24, 2.45) is 0 Å². The first-order valence-electron chi connectivity index (χ1n) is 14.4. The van der Waals surface area contributed by atoms with Crippen molar-refractivity contribution in [2.45, 2.75) is 42.8 Å². The standard InChI is InChI=1S/C33H31N3O6S2/c1-3-4-14-40-24-7-5-6-22(17-24)28-27(29(37)23-12-13-25-26(18-23)42-16-15-41-25)30(38)31(39)36(28)32-34-35-33(44-32)43-19-21-10-8-20(2)9-11-21/h5-13,17-18,28,37H,3-4,14-16,19H2,1-2H3/t28-/m1/s1. The van der Waals surface area contributed by atoms with E-state index >= 15 is 0 Å². The molecule has 2 aliphatic rings. The minimum absolute atomic E-state index is 0.0542. The van der Waals surface area contributed by atoms with Crippen molar-refractivity contribution >= 4 is 45.7 Å². The lowest BCUT2D eigenvalue weighted by Crippen LogP contribution is -2.29. The predicted molar refractivity (Wildman–Crippen MR) is 170 cm³/mol. The monoisotopic (exact) mass is 629 g/mol. The molecule has 1 saturated heterocycles. The van der Waals surface area contributed by atoms with E-state index in [0.29, 0.717) is 58.3 Å². The number of aliphatic hydroxyl groups excluding tert-OH is 1. The van der Waals surface area contributed by atoms with Gasteiger partial charge in [-0.3, -0.25) is 14.5 Å². The van der Waals surface area contributed by atoms with E-state index in [1.165, 1.54) is 33.6 Å². The summed E-state index contributed by atoms with van der Waals surface area (Å²) in [5.41, 5.74) is 3.20. The Balaban J connectivity index is 1.38. The highest BCUT2D eigenvalue weighted by atomic mass is 32.2. The van der Waals surface area contributed by atoms with Crippen LogP contribution in [0.5, 0.6) is 17.2 Å². The fourth-order valence-electron chi connectivity index (χ4n) is 4.99. The fourth-order valence-corrected chi connectivity index (χ4v) is 6.81. The van der Waals surface area contributed by atoms with Crippen LogP contribution in [0.25, 0.3) is 5.76 Å². The summed E-state index contributed by atoms with van der Waals surface area (Å²) in [5.74, 6) is 0.360. The number of ketones is 1. The summed E-state index contributed by atoms with van der Waals surface area (Å²) >= 11 is 2.73. The van der Waals surface area contributed by atoms with Crippen LogP contribution >= 0.6 is 23.1 Å². The number of hydrogen-bond donors (Lipinski definition) is 1. The molecule has 3 aromatic carbocycles. The van der Waals surface area contributed by atoms with E-state index in [4.69, 9.17) is 14.2 Å². The molecule has 226 valence electrons. The van der Waals surface area contributed by atoms with E-state index in [9.17, 15) is 14.7 Å². The van der Waals surface area contributed by atoms with Crippen LogP contribution in [0.3, 0.4) is 0 Å². The maximum atomic E-state index is 13.7. The number of amides is 1. The second-order valence-electron chi connectivity index (χ2n) is 10.4. The van der Waals surface area contributed by atoms with Gasteiger partial charge < -0.3 is 19.3 Å². The van der Waals surface area contributed by atoms with Gasteiger partial charge in [0.15, 0.2) is 15.8 Å². The van der Waals surface area contributed by atoms with Gasteiger partial charge in [-0.2, -0.15) is 0 Å². The third-order valence-corrected chi connectivity index (χ3v) is 9.41. The van der Waals surface area contributed by atoms with Crippen molar-refractivity contribution in [1.82, 2.24) is 10.2 Å². The molecule has 1 N–H and O–H groups in total. The number of ether oxygens (including phenoxy) is 3. The van der Waals surface area contributed by atoms with Crippen LogP contribution in [0.1, 0.15) is 48.1 Å². The van der Waals surface area contributed by atoms with Crippen molar-refractivity contribution in [3.8, 4) is 17.2 Å². The first-order chi connectivity index (χ1) is 21.4. The molecule has 0 saturated carbocycles. The number of thioether (sulfide) groups is 1. The van der Waals surface area contributed by atoms with E-state index in [-0.39, 0.29) is 16.5 Å². The quantitative estimate of drug-likeness (QED) is 0.0511. The minimum Gasteiger partial charge on any atom is -0.507 e. The van der Waals surface area contributed by atoms with E-state index in [1.54, 1.807) is 30.3 Å². The predicted octanol–water partition coefficient (Wildman–Crippen LogP) is 6.72. The van der Waals surface area contributed by atoms with E-state index in [0.717, 1.165) is 18.4 Å². The number of benzene rings is 3. The highest BCUT2D eigenvalue weighted by Crippen LogP contribution is 2.45. The van der Waals surface area contributed by atoms with Gasteiger partial charge in [0.1, 0.15) is 24.7 Å². The number of carbonyl (C=O) groups excluding carboxylic acids is 2. The summed E-state index contributed by atoms with van der Waals surface area (Å²) < 4.78 is 17.9. The smallest absolute Gasteiger partial charge is 0.301 e. The SMILES string of the molecule is CCCCOc1cccc([C@@H]2C(=C(O)c3ccc4c(c3)OCCO4)C(=O)C(=O)N2c2nnc(SCc3ccc(C)cc3)s2)c1. The highest BCUT2D eigenvalue weighted by molar-refractivity contribution is 8.00. The van der Waals surface area contributed by atoms with Gasteiger partial charge in [0.25, 0.3) is 5.78 Å². The van der Waals surface area contributed by atoms with Crippen molar-refractivity contribution in [3.63, 3.8) is 0 Å². The number of Topliss-reactive ketones (excluding diaryl/α,β-unsaturated/α-hetero) is 1. The molecule has 3 heterocycles. The van der Waals surface area contributed by atoms with Crippen LogP contribution in [0.2, 0.25) is 0 Å². The lowest BCUT2D eigenvalue weighted by molar-refractivity contribution is -0.132. The van der Waals surface area contributed by atoms with Gasteiger partial charge in [-0.15, -0.1) is 10.2 Å². The van der Waals surface area contributed by atoms with Gasteiger partial charge >= 0.3 is 5.91 Å². The number of unbranched alkanes of at least 4 members (excludes halogenated alkanes) is 1. The summed E-state index contributed by atoms with van der Waals surface area (Å²) in [5, 5.41) is 20.5. The molecule has 0 aliphatic carbocycles. The van der Waals surface area contributed by atoms with Crippen LogP contribution < -0.4 is 19.1 Å². The number of fused-ring (bicyclic) bond motifs is 1. The minimum atomic E-state index is -0.958. The molecule has 0 unspecified atom stereocenters. The van der Waals surface area contributed by atoms with Gasteiger partial charge in [-0.1, -0.05) is 78.4 Å². The summed E-state index contributed by atoms with van der Waals surface area (Å²) in [6.07, 6.45) is 1.87. The maximum Gasteiger partial charge on any atom is 0.301 e. The number of aryl methyl sites for hydroxylation is 1. The Morgan fingerprint density at radius 1 is 1.05 bits per heavy atom. The molecule has 1 atom stereocenters. The van der Waals surface area contributed by atoms with Crippen LogP contribution in [-0.2, 0) is 15.3 Å². The van der Waals surface area contributed by atoms with Gasteiger partial charge in [-0.25, -0.2) is 0 Å². The molecule has 4 aromatic rings. The number of nitrogens with zero attached hydrogens (tertiary/aromatic N) is 3. The number of aliphatic hydroxyl groups is 1. The Morgan fingerprint density at radius 2 is 1.84 bits per heavy atom. The average molecular weight is 630 g/mol. The third-order valence-electron chi connectivity index (χ3n) is 7.29. The lowest BCUT2D eigenvalue weighted by atomic mass is 9.95. The van der Waals surface area contributed by atoms with Crippen molar-refractivity contribution < 1.29 is 28.9 Å². The lowest BCUT2D eigenvalue weighted by Gasteiger charge is -2.23. The number of rotatable bonds is 10. The summed E-state index contributed by atoms with van der Waals surface area (Å²) in [6, 6.07) is 19.5. The molecule has 1 aromatic heterocycles. The number of aromatic nitrogens is 2. The molecular formula is C33H31N3O6S2. The molecule has 44 heavy (non-hydrogen) atoms. The highest BCUT2D eigenvalue weighted by Gasteiger charge is 2.48. The molecule has 9 nitrogen and oxygen atoms in total. The van der Waals surface area contributed by atoms with Crippen molar-refractivity contribution in [2.75, 3.05) is 24.7 Å². The second kappa shape index (κ2) is 13.1. The Morgan fingerprint density at radius 3 is 2.64 bits per heavy atom. The summed E-state index contributed by atoms with van der Waals surface area (Å²) in [6.45, 7) is 5.46. The second-order valence-corrected chi connectivity index (χ2v) is 12.6. The topological polar surface area (TPSA) is 111 Å². The number of hydrogen-bond acceptors (Lipinski definition) is 10. The number of anilines is 1. The van der Waals surface area contributed by atoms with Crippen LogP contribution in [-0.4, -0.2) is 46.8 Å². The Bertz CT molecular complexity index is 1720. The molecule has 1 amide bonds. The Labute approximate surface area is 263 Å². The molecule has 0 bridgehead atoms. The molecule has 0 spiro atoms. The maximum absolute atomic E-state index is 13.7. The van der Waals surface area contributed by atoms with Crippen molar-refractivity contribution in [1.29, 1.82) is 0 Å². The molecule has 11 heteroatoms. The molecule has 0 radical (unpaired) electrons. The van der Waals surface area contributed by atoms with Crippen LogP contribution in [0.15, 0.2) is 76.6 Å².